The van der Waals surface area contributed by atoms with Gasteiger partial charge in [-0.1, -0.05) is 32.9 Å². The fourth-order valence-electron chi connectivity index (χ4n) is 6.45. The highest BCUT2D eigenvalue weighted by atomic mass is 16.4. The summed E-state index contributed by atoms with van der Waals surface area (Å²) in [6.45, 7) is 6.63. The predicted octanol–water partition coefficient (Wildman–Crippen LogP) is -0.0699. The van der Waals surface area contributed by atoms with Crippen LogP contribution in [0.4, 0.5) is 0 Å². The summed E-state index contributed by atoms with van der Waals surface area (Å²) in [6, 6.07) is 0. The third kappa shape index (κ3) is 1.69. The van der Waals surface area contributed by atoms with Crippen molar-refractivity contribution < 1.29 is 30.3 Å². The van der Waals surface area contributed by atoms with Crippen molar-refractivity contribution >= 4 is 5.78 Å². The number of aliphatic hydroxyl groups is 5. The van der Waals surface area contributed by atoms with Gasteiger partial charge < -0.3 is 25.5 Å². The lowest BCUT2D eigenvalue weighted by Gasteiger charge is -2.51. The molecule has 0 aromatic carbocycles. The SMILES string of the molecule is CC1=C[C@H]2[C@]3(O)[C@@H](C)[C@@H](O)[C@@]4(O)[C@@H]([C@@H]3C=C(CO)C[C@@]2(O)C1=O)C4(C)C. The number of aliphatic hydroxyl groups excluding tert-OH is 2. The number of carbonyl (C=O) groups excluding carboxylic acids is 1. The Labute approximate surface area is 152 Å². The van der Waals surface area contributed by atoms with Crippen molar-refractivity contribution in [1.82, 2.24) is 0 Å². The van der Waals surface area contributed by atoms with E-state index in [4.69, 9.17) is 0 Å². The minimum atomic E-state index is -1.84. The van der Waals surface area contributed by atoms with E-state index >= 15 is 0 Å². The van der Waals surface area contributed by atoms with Gasteiger partial charge in [0.15, 0.2) is 5.78 Å². The molecule has 6 heteroatoms. The fourth-order valence-corrected chi connectivity index (χ4v) is 6.45. The van der Waals surface area contributed by atoms with Crippen molar-refractivity contribution in [3.05, 3.63) is 23.3 Å². The van der Waals surface area contributed by atoms with Crippen molar-refractivity contribution in [2.75, 3.05) is 6.61 Å². The molecule has 0 bridgehead atoms. The Morgan fingerprint density at radius 2 is 1.81 bits per heavy atom. The largest absolute Gasteiger partial charge is 0.392 e. The Bertz CT molecular complexity index is 753. The molecule has 6 nitrogen and oxygen atoms in total. The maximum Gasteiger partial charge on any atom is 0.190 e. The van der Waals surface area contributed by atoms with Crippen LogP contribution in [0.15, 0.2) is 23.3 Å². The maximum absolute atomic E-state index is 12.7. The number of hydrogen-bond acceptors (Lipinski definition) is 6. The molecule has 144 valence electrons. The van der Waals surface area contributed by atoms with Crippen molar-refractivity contribution in [2.24, 2.45) is 29.1 Å². The first kappa shape index (κ1) is 18.3. The molecule has 0 aromatic heterocycles. The standard InChI is InChI=1S/C20H28O6/c1-9-5-13-18(24,15(9)22)7-11(8-21)6-12-14-17(3,4)20(14,26)16(23)10(2)19(12,13)25/h5-6,10,12-14,16,21,23-26H,7-8H2,1-4H3/t10-,12-,13+,14-,16+,18-,19-,20-/m0/s1. The van der Waals surface area contributed by atoms with Crippen LogP contribution >= 0.6 is 0 Å². The first-order valence-electron chi connectivity index (χ1n) is 9.27. The quantitative estimate of drug-likeness (QED) is 0.416. The highest BCUT2D eigenvalue weighted by Crippen LogP contribution is 2.74. The average molecular weight is 364 g/mol. The van der Waals surface area contributed by atoms with E-state index < -0.39 is 57.8 Å². The first-order valence-corrected chi connectivity index (χ1v) is 9.27. The lowest BCUT2D eigenvalue weighted by Crippen LogP contribution is -2.65. The third-order valence-electron chi connectivity index (χ3n) is 8.04. The Balaban J connectivity index is 1.96. The zero-order chi connectivity index (χ0) is 19.4. The number of carbonyl (C=O) groups is 1. The molecular weight excluding hydrogens is 336 g/mol. The molecule has 0 spiro atoms. The molecular formula is C20H28O6. The van der Waals surface area contributed by atoms with Gasteiger partial charge in [-0.25, -0.2) is 0 Å². The summed E-state index contributed by atoms with van der Waals surface area (Å²) in [6.07, 6.45) is 2.08. The molecule has 26 heavy (non-hydrogen) atoms. The van der Waals surface area contributed by atoms with E-state index in [1.165, 1.54) is 0 Å². The molecule has 0 amide bonds. The summed E-state index contributed by atoms with van der Waals surface area (Å²) in [4.78, 5) is 12.7. The summed E-state index contributed by atoms with van der Waals surface area (Å²) in [5.74, 6) is -3.14. The van der Waals surface area contributed by atoms with Crippen LogP contribution in [-0.2, 0) is 4.79 Å². The van der Waals surface area contributed by atoms with Gasteiger partial charge in [-0.2, -0.15) is 0 Å². The molecule has 0 saturated heterocycles. The van der Waals surface area contributed by atoms with Crippen LogP contribution in [0.1, 0.15) is 34.1 Å². The number of fused-ring (bicyclic) bond motifs is 5. The highest BCUT2D eigenvalue weighted by molar-refractivity contribution is 6.04. The second kappa shape index (κ2) is 4.86. The fraction of sp³-hybridized carbons (Fsp3) is 0.750. The van der Waals surface area contributed by atoms with Gasteiger partial charge in [-0.3, -0.25) is 4.79 Å². The van der Waals surface area contributed by atoms with Gasteiger partial charge in [-0.05, 0) is 18.1 Å². The molecule has 0 aliphatic heterocycles. The second-order valence-corrected chi connectivity index (χ2v) is 9.41. The van der Waals surface area contributed by atoms with Gasteiger partial charge in [0, 0.05) is 35.5 Å². The summed E-state index contributed by atoms with van der Waals surface area (Å²) >= 11 is 0. The van der Waals surface area contributed by atoms with Crippen molar-refractivity contribution in [1.29, 1.82) is 0 Å². The minimum absolute atomic E-state index is 0.0615. The molecule has 4 aliphatic rings. The normalized spacial score (nSPS) is 54.5. The Morgan fingerprint density at radius 3 is 2.38 bits per heavy atom. The molecule has 0 unspecified atom stereocenters. The monoisotopic (exact) mass is 364 g/mol. The van der Waals surface area contributed by atoms with Crippen LogP contribution in [0.25, 0.3) is 0 Å². The summed E-state index contributed by atoms with van der Waals surface area (Å²) < 4.78 is 0. The molecule has 2 saturated carbocycles. The Morgan fingerprint density at radius 1 is 1.19 bits per heavy atom. The molecule has 4 aliphatic carbocycles. The van der Waals surface area contributed by atoms with Crippen molar-refractivity contribution in [3.63, 3.8) is 0 Å². The van der Waals surface area contributed by atoms with Crippen LogP contribution in [-0.4, -0.2) is 60.8 Å². The Kier molecular flexibility index (Phi) is 3.42. The van der Waals surface area contributed by atoms with Crippen LogP contribution < -0.4 is 0 Å². The number of Topliss-reactive ketones (excluding diaryl/α,β-unsaturated/α-hetero) is 1. The first-order chi connectivity index (χ1) is 11.9. The van der Waals surface area contributed by atoms with Gasteiger partial charge in [0.05, 0.1) is 18.3 Å². The molecule has 2 fully saturated rings. The lowest BCUT2D eigenvalue weighted by molar-refractivity contribution is -0.209. The third-order valence-corrected chi connectivity index (χ3v) is 8.04. The topological polar surface area (TPSA) is 118 Å². The average Bonchev–Trinajstić information content (AvgIpc) is 2.97. The number of hydrogen-bond donors (Lipinski definition) is 5. The summed E-state index contributed by atoms with van der Waals surface area (Å²) in [5.41, 5.74) is -4.57. The van der Waals surface area contributed by atoms with Crippen LogP contribution in [0.5, 0.6) is 0 Å². The van der Waals surface area contributed by atoms with Crippen molar-refractivity contribution in [2.45, 2.75) is 57.0 Å². The Hall–Kier alpha value is -1.05. The van der Waals surface area contributed by atoms with Gasteiger partial charge in [0.1, 0.15) is 11.2 Å². The van der Waals surface area contributed by atoms with E-state index in [0.717, 1.165) is 0 Å². The molecule has 4 rings (SSSR count). The predicted molar refractivity (Wildman–Crippen MR) is 92.8 cm³/mol. The van der Waals surface area contributed by atoms with Crippen LogP contribution in [0.3, 0.4) is 0 Å². The second-order valence-electron chi connectivity index (χ2n) is 9.41. The van der Waals surface area contributed by atoms with Crippen LogP contribution in [0.2, 0.25) is 0 Å². The smallest absolute Gasteiger partial charge is 0.190 e. The number of ketones is 1. The van der Waals surface area contributed by atoms with E-state index in [1.807, 2.05) is 13.8 Å². The lowest BCUT2D eigenvalue weighted by atomic mass is 9.59. The zero-order valence-electron chi connectivity index (χ0n) is 15.6. The van der Waals surface area contributed by atoms with E-state index in [9.17, 15) is 30.3 Å². The summed E-state index contributed by atoms with van der Waals surface area (Å²) in [7, 11) is 0. The number of rotatable bonds is 1. The molecule has 0 aromatic rings. The molecule has 5 N–H and O–H groups in total. The van der Waals surface area contributed by atoms with Crippen molar-refractivity contribution in [3.8, 4) is 0 Å². The molecule has 8 atom stereocenters. The van der Waals surface area contributed by atoms with E-state index in [0.29, 0.717) is 11.1 Å². The van der Waals surface area contributed by atoms with E-state index in [1.54, 1.807) is 26.0 Å². The molecule has 0 heterocycles. The van der Waals surface area contributed by atoms with Gasteiger partial charge in [0.2, 0.25) is 0 Å². The van der Waals surface area contributed by atoms with Gasteiger partial charge in [0.25, 0.3) is 0 Å². The molecule has 0 radical (unpaired) electrons. The zero-order valence-corrected chi connectivity index (χ0v) is 15.6. The maximum atomic E-state index is 12.7. The van der Waals surface area contributed by atoms with Gasteiger partial charge >= 0.3 is 0 Å². The van der Waals surface area contributed by atoms with Crippen LogP contribution in [0, 0.1) is 29.1 Å². The van der Waals surface area contributed by atoms with E-state index in [2.05, 4.69) is 0 Å². The van der Waals surface area contributed by atoms with Gasteiger partial charge in [-0.15, -0.1) is 0 Å². The minimum Gasteiger partial charge on any atom is -0.392 e. The highest BCUT2D eigenvalue weighted by Gasteiger charge is 2.84. The summed E-state index contributed by atoms with van der Waals surface area (Å²) in [5, 5.41) is 54.9. The van der Waals surface area contributed by atoms with E-state index in [-0.39, 0.29) is 13.0 Å².